The van der Waals surface area contributed by atoms with E-state index in [4.69, 9.17) is 9.47 Å². The Labute approximate surface area is 102 Å². The van der Waals surface area contributed by atoms with Crippen LogP contribution in [0.4, 0.5) is 0 Å². The Kier molecular flexibility index (Phi) is 3.69. The number of ether oxygens (including phenoxy) is 2. The summed E-state index contributed by atoms with van der Waals surface area (Å²) in [6, 6.07) is 7.68. The lowest BCUT2D eigenvalue weighted by atomic mass is 9.98. The molecular formula is C14H20O3. The molecule has 1 heterocycles. The Hall–Kier alpha value is -1.06. The molecule has 3 heteroatoms. The minimum Gasteiger partial charge on any atom is -0.490 e. The SMILES string of the molecule is CC(C)(O)c1cccc(OC2CCOCC2)c1. The normalized spacial score (nSPS) is 18.1. The zero-order valence-corrected chi connectivity index (χ0v) is 10.5. The predicted octanol–water partition coefficient (Wildman–Crippen LogP) is 2.47. The summed E-state index contributed by atoms with van der Waals surface area (Å²) in [6.45, 7) is 5.10. The average Bonchev–Trinajstić information content (AvgIpc) is 2.29. The molecule has 1 aliphatic heterocycles. The fourth-order valence-corrected chi connectivity index (χ4v) is 1.94. The summed E-state index contributed by atoms with van der Waals surface area (Å²) in [5.41, 5.74) is 0.0525. The van der Waals surface area contributed by atoms with Crippen LogP contribution >= 0.6 is 0 Å². The summed E-state index contributed by atoms with van der Waals surface area (Å²) >= 11 is 0. The summed E-state index contributed by atoms with van der Waals surface area (Å²) in [6.07, 6.45) is 2.11. The summed E-state index contributed by atoms with van der Waals surface area (Å²) in [5, 5.41) is 9.94. The molecule has 0 amide bonds. The molecular weight excluding hydrogens is 216 g/mol. The Morgan fingerprint density at radius 3 is 2.65 bits per heavy atom. The summed E-state index contributed by atoms with van der Waals surface area (Å²) in [4.78, 5) is 0. The van der Waals surface area contributed by atoms with Crippen LogP contribution in [-0.4, -0.2) is 24.4 Å². The zero-order valence-electron chi connectivity index (χ0n) is 10.5. The van der Waals surface area contributed by atoms with Crippen LogP contribution < -0.4 is 4.74 Å². The maximum atomic E-state index is 9.94. The van der Waals surface area contributed by atoms with E-state index in [1.807, 2.05) is 24.3 Å². The molecule has 0 spiro atoms. The van der Waals surface area contributed by atoms with E-state index in [0.717, 1.165) is 37.4 Å². The first-order chi connectivity index (χ1) is 8.05. The van der Waals surface area contributed by atoms with Crippen molar-refractivity contribution in [3.05, 3.63) is 29.8 Å². The predicted molar refractivity (Wildman–Crippen MR) is 66.2 cm³/mol. The van der Waals surface area contributed by atoms with Crippen molar-refractivity contribution in [3.63, 3.8) is 0 Å². The minimum atomic E-state index is -0.824. The van der Waals surface area contributed by atoms with Crippen LogP contribution in [0.3, 0.4) is 0 Å². The van der Waals surface area contributed by atoms with Crippen molar-refractivity contribution >= 4 is 0 Å². The lowest BCUT2D eigenvalue weighted by molar-refractivity contribution is 0.0251. The van der Waals surface area contributed by atoms with Crippen molar-refractivity contribution in [2.24, 2.45) is 0 Å². The van der Waals surface area contributed by atoms with Crippen LogP contribution in [-0.2, 0) is 10.3 Å². The number of benzene rings is 1. The van der Waals surface area contributed by atoms with Gasteiger partial charge in [-0.2, -0.15) is 0 Å². The third-order valence-electron chi connectivity index (χ3n) is 3.01. The molecule has 1 aliphatic rings. The lowest BCUT2D eigenvalue weighted by Gasteiger charge is -2.24. The molecule has 0 atom stereocenters. The molecule has 17 heavy (non-hydrogen) atoms. The smallest absolute Gasteiger partial charge is 0.120 e. The van der Waals surface area contributed by atoms with E-state index in [1.54, 1.807) is 13.8 Å². The lowest BCUT2D eigenvalue weighted by Crippen LogP contribution is -2.26. The Balaban J connectivity index is 2.05. The van der Waals surface area contributed by atoms with Gasteiger partial charge in [-0.15, -0.1) is 0 Å². The molecule has 94 valence electrons. The minimum absolute atomic E-state index is 0.237. The van der Waals surface area contributed by atoms with Crippen molar-refractivity contribution in [2.75, 3.05) is 13.2 Å². The van der Waals surface area contributed by atoms with Crippen molar-refractivity contribution in [1.82, 2.24) is 0 Å². The Bertz CT molecular complexity index is 362. The highest BCUT2D eigenvalue weighted by molar-refractivity contribution is 5.31. The molecule has 2 rings (SSSR count). The fraction of sp³-hybridized carbons (Fsp3) is 0.571. The van der Waals surface area contributed by atoms with Gasteiger partial charge in [-0.3, -0.25) is 0 Å². The van der Waals surface area contributed by atoms with Gasteiger partial charge < -0.3 is 14.6 Å². The van der Waals surface area contributed by atoms with Gasteiger partial charge in [0, 0.05) is 12.8 Å². The van der Waals surface area contributed by atoms with Gasteiger partial charge in [0.1, 0.15) is 11.9 Å². The van der Waals surface area contributed by atoms with Crippen LogP contribution in [0.1, 0.15) is 32.3 Å². The zero-order chi connectivity index (χ0) is 12.3. The van der Waals surface area contributed by atoms with E-state index in [-0.39, 0.29) is 6.10 Å². The Morgan fingerprint density at radius 1 is 1.29 bits per heavy atom. The number of aliphatic hydroxyl groups is 1. The third kappa shape index (κ3) is 3.45. The first-order valence-corrected chi connectivity index (χ1v) is 6.13. The van der Waals surface area contributed by atoms with Gasteiger partial charge in [-0.1, -0.05) is 12.1 Å². The van der Waals surface area contributed by atoms with Gasteiger partial charge in [-0.05, 0) is 31.5 Å². The topological polar surface area (TPSA) is 38.7 Å². The second-order valence-corrected chi connectivity index (χ2v) is 5.02. The molecule has 0 radical (unpaired) electrons. The van der Waals surface area contributed by atoms with Gasteiger partial charge in [0.2, 0.25) is 0 Å². The van der Waals surface area contributed by atoms with Crippen LogP contribution in [0.2, 0.25) is 0 Å². The molecule has 1 saturated heterocycles. The molecule has 1 aromatic carbocycles. The first-order valence-electron chi connectivity index (χ1n) is 6.13. The van der Waals surface area contributed by atoms with Crippen LogP contribution in [0.5, 0.6) is 5.75 Å². The van der Waals surface area contributed by atoms with Gasteiger partial charge >= 0.3 is 0 Å². The molecule has 0 aromatic heterocycles. The third-order valence-corrected chi connectivity index (χ3v) is 3.01. The van der Waals surface area contributed by atoms with E-state index in [0.29, 0.717) is 0 Å². The highest BCUT2D eigenvalue weighted by Gasteiger charge is 2.18. The van der Waals surface area contributed by atoms with Crippen molar-refractivity contribution in [1.29, 1.82) is 0 Å². The highest BCUT2D eigenvalue weighted by Crippen LogP contribution is 2.25. The van der Waals surface area contributed by atoms with E-state index >= 15 is 0 Å². The van der Waals surface area contributed by atoms with Gasteiger partial charge in [0.15, 0.2) is 0 Å². The Morgan fingerprint density at radius 2 is 2.00 bits per heavy atom. The number of hydrogen-bond donors (Lipinski definition) is 1. The standard InChI is InChI=1S/C14H20O3/c1-14(2,15)11-4-3-5-13(10-11)17-12-6-8-16-9-7-12/h3-5,10,12,15H,6-9H2,1-2H3. The maximum absolute atomic E-state index is 9.94. The number of hydrogen-bond acceptors (Lipinski definition) is 3. The second kappa shape index (κ2) is 5.07. The summed E-state index contributed by atoms with van der Waals surface area (Å²) < 4.78 is 11.2. The van der Waals surface area contributed by atoms with E-state index in [2.05, 4.69) is 0 Å². The van der Waals surface area contributed by atoms with Crippen LogP contribution in [0.15, 0.2) is 24.3 Å². The second-order valence-electron chi connectivity index (χ2n) is 5.02. The molecule has 0 bridgehead atoms. The van der Waals surface area contributed by atoms with Crippen molar-refractivity contribution in [2.45, 2.75) is 38.4 Å². The molecule has 1 aromatic rings. The molecule has 1 N–H and O–H groups in total. The van der Waals surface area contributed by atoms with E-state index < -0.39 is 5.60 Å². The number of rotatable bonds is 3. The van der Waals surface area contributed by atoms with Crippen molar-refractivity contribution in [3.8, 4) is 5.75 Å². The van der Waals surface area contributed by atoms with Crippen LogP contribution in [0, 0.1) is 0 Å². The quantitative estimate of drug-likeness (QED) is 0.876. The monoisotopic (exact) mass is 236 g/mol. The average molecular weight is 236 g/mol. The molecule has 0 aliphatic carbocycles. The molecule has 1 fully saturated rings. The van der Waals surface area contributed by atoms with Crippen LogP contribution in [0.25, 0.3) is 0 Å². The summed E-state index contributed by atoms with van der Waals surface area (Å²) in [7, 11) is 0. The molecule has 3 nitrogen and oxygen atoms in total. The summed E-state index contributed by atoms with van der Waals surface area (Å²) in [5.74, 6) is 0.830. The van der Waals surface area contributed by atoms with Gasteiger partial charge in [0.05, 0.1) is 18.8 Å². The first kappa shape index (κ1) is 12.4. The van der Waals surface area contributed by atoms with Crippen molar-refractivity contribution < 1.29 is 14.6 Å². The highest BCUT2D eigenvalue weighted by atomic mass is 16.5. The molecule has 0 unspecified atom stereocenters. The van der Waals surface area contributed by atoms with Gasteiger partial charge in [0.25, 0.3) is 0 Å². The van der Waals surface area contributed by atoms with Gasteiger partial charge in [-0.25, -0.2) is 0 Å². The fourth-order valence-electron chi connectivity index (χ4n) is 1.94. The largest absolute Gasteiger partial charge is 0.490 e. The van der Waals surface area contributed by atoms with E-state index in [1.165, 1.54) is 0 Å². The van der Waals surface area contributed by atoms with E-state index in [9.17, 15) is 5.11 Å². The maximum Gasteiger partial charge on any atom is 0.120 e. The molecule has 0 saturated carbocycles.